The summed E-state index contributed by atoms with van der Waals surface area (Å²) in [6.45, 7) is 5.83. The fourth-order valence-electron chi connectivity index (χ4n) is 3.96. The molecule has 2 amide bonds. The van der Waals surface area contributed by atoms with E-state index in [2.05, 4.69) is 5.32 Å². The summed E-state index contributed by atoms with van der Waals surface area (Å²) >= 11 is 0. The zero-order valence-corrected chi connectivity index (χ0v) is 23.1. The summed E-state index contributed by atoms with van der Waals surface area (Å²) in [6, 6.07) is 12.1. The van der Waals surface area contributed by atoms with Crippen LogP contribution in [0.5, 0.6) is 5.75 Å². The number of nitrogens with one attached hydrogen (secondary N) is 1. The first-order valence-electron chi connectivity index (χ1n) is 12.5. The van der Waals surface area contributed by atoms with Crippen LogP contribution in [0.4, 0.5) is 10.1 Å². The van der Waals surface area contributed by atoms with Gasteiger partial charge in [0.25, 0.3) is 0 Å². The molecule has 2 aromatic rings. The smallest absolute Gasteiger partial charge is 0.243 e. The number of halogens is 1. The Morgan fingerprint density at radius 2 is 1.78 bits per heavy atom. The fourth-order valence-corrected chi connectivity index (χ4v) is 4.93. The molecule has 0 radical (unpaired) electrons. The van der Waals surface area contributed by atoms with Gasteiger partial charge in [0, 0.05) is 25.6 Å². The van der Waals surface area contributed by atoms with Gasteiger partial charge in [-0.2, -0.15) is 0 Å². The summed E-state index contributed by atoms with van der Waals surface area (Å²) in [5.41, 5.74) is 0.733. The van der Waals surface area contributed by atoms with Crippen molar-refractivity contribution in [3.8, 4) is 5.75 Å². The van der Waals surface area contributed by atoms with E-state index < -0.39 is 21.9 Å². The highest BCUT2D eigenvalue weighted by Crippen LogP contribution is 2.23. The maximum Gasteiger partial charge on any atom is 0.243 e. The van der Waals surface area contributed by atoms with Gasteiger partial charge in [-0.25, -0.2) is 12.8 Å². The topological polar surface area (TPSA) is 96.0 Å². The maximum absolute atomic E-state index is 14.3. The predicted molar refractivity (Wildman–Crippen MR) is 143 cm³/mol. The van der Waals surface area contributed by atoms with Gasteiger partial charge in [0.15, 0.2) is 0 Å². The van der Waals surface area contributed by atoms with Crippen molar-refractivity contribution in [3.63, 3.8) is 0 Å². The van der Waals surface area contributed by atoms with Crippen LogP contribution in [0, 0.1) is 5.82 Å². The number of carbonyl (C=O) groups is 2. The molecule has 8 nitrogen and oxygen atoms in total. The lowest BCUT2D eigenvalue weighted by Gasteiger charge is -2.32. The van der Waals surface area contributed by atoms with Crippen LogP contribution in [0.1, 0.15) is 52.0 Å². The van der Waals surface area contributed by atoms with E-state index in [1.807, 2.05) is 39.0 Å². The number of sulfonamides is 1. The molecule has 0 aliphatic carbocycles. The number of carbonyl (C=O) groups excluding carboxylic acids is 2. The Hall–Kier alpha value is -3.14. The Kier molecular flexibility index (Phi) is 11.4. The Balaban J connectivity index is 2.26. The number of rotatable bonds is 14. The van der Waals surface area contributed by atoms with E-state index in [-0.39, 0.29) is 49.5 Å². The third-order valence-corrected chi connectivity index (χ3v) is 7.33. The second-order valence-corrected chi connectivity index (χ2v) is 10.9. The van der Waals surface area contributed by atoms with Gasteiger partial charge in [-0.1, -0.05) is 38.1 Å². The Morgan fingerprint density at radius 3 is 2.38 bits per heavy atom. The second-order valence-electron chi connectivity index (χ2n) is 9.01. The zero-order valence-electron chi connectivity index (χ0n) is 22.2. The summed E-state index contributed by atoms with van der Waals surface area (Å²) in [6.07, 6.45) is 2.30. The standard InChI is InChI=1S/C27H38FN3O5S/c1-6-20(3)29-27(33)24(7-2)30(19-21-12-10-13-22(18-21)36-4)26(32)16-11-17-31(37(5,34)35)25-15-9-8-14-23(25)28/h8-10,12-15,18,20,24H,6-7,11,16-17,19H2,1-5H3,(H,29,33)/t20-,24+/m1/s1. The van der Waals surface area contributed by atoms with E-state index in [0.29, 0.717) is 12.2 Å². The van der Waals surface area contributed by atoms with E-state index >= 15 is 0 Å². The first-order valence-corrected chi connectivity index (χ1v) is 14.3. The molecule has 37 heavy (non-hydrogen) atoms. The molecular weight excluding hydrogens is 497 g/mol. The monoisotopic (exact) mass is 535 g/mol. The molecule has 2 rings (SSSR count). The van der Waals surface area contributed by atoms with Crippen LogP contribution < -0.4 is 14.4 Å². The van der Waals surface area contributed by atoms with Crippen LogP contribution in [-0.4, -0.2) is 57.1 Å². The number of anilines is 1. The summed E-state index contributed by atoms with van der Waals surface area (Å²) in [5.74, 6) is -0.560. The molecule has 10 heteroatoms. The highest BCUT2D eigenvalue weighted by Gasteiger charge is 2.29. The lowest BCUT2D eigenvalue weighted by molar-refractivity contribution is -0.141. The van der Waals surface area contributed by atoms with E-state index in [1.54, 1.807) is 19.2 Å². The van der Waals surface area contributed by atoms with Gasteiger partial charge in [0.2, 0.25) is 21.8 Å². The van der Waals surface area contributed by atoms with Gasteiger partial charge in [-0.15, -0.1) is 0 Å². The molecule has 0 spiro atoms. The molecule has 0 saturated carbocycles. The molecule has 0 aliphatic rings. The van der Waals surface area contributed by atoms with Crippen LogP contribution in [0.2, 0.25) is 0 Å². The summed E-state index contributed by atoms with van der Waals surface area (Å²) in [5, 5.41) is 2.96. The average molecular weight is 536 g/mol. The van der Waals surface area contributed by atoms with Gasteiger partial charge in [0.05, 0.1) is 19.1 Å². The predicted octanol–water partition coefficient (Wildman–Crippen LogP) is 4.10. The van der Waals surface area contributed by atoms with Crippen LogP contribution in [0.25, 0.3) is 0 Å². The van der Waals surface area contributed by atoms with Crippen molar-refractivity contribution in [3.05, 3.63) is 59.9 Å². The minimum Gasteiger partial charge on any atom is -0.497 e. The highest BCUT2D eigenvalue weighted by atomic mass is 32.2. The van der Waals surface area contributed by atoms with Crippen molar-refractivity contribution in [1.29, 1.82) is 0 Å². The molecule has 0 bridgehead atoms. The molecule has 204 valence electrons. The lowest BCUT2D eigenvalue weighted by Crippen LogP contribution is -2.50. The number of ether oxygens (including phenoxy) is 1. The number of benzene rings is 2. The molecule has 0 saturated heterocycles. The third kappa shape index (κ3) is 8.73. The number of methoxy groups -OCH3 is 1. The van der Waals surface area contributed by atoms with Crippen molar-refractivity contribution in [2.24, 2.45) is 0 Å². The Labute approximate surface area is 219 Å². The normalized spacial score (nSPS) is 12.9. The molecule has 0 fully saturated rings. The summed E-state index contributed by atoms with van der Waals surface area (Å²) in [4.78, 5) is 28.1. The number of hydrogen-bond acceptors (Lipinski definition) is 5. The van der Waals surface area contributed by atoms with Gasteiger partial charge < -0.3 is 15.0 Å². The Bertz CT molecular complexity index is 1160. The van der Waals surface area contributed by atoms with Gasteiger partial charge >= 0.3 is 0 Å². The van der Waals surface area contributed by atoms with Crippen molar-refractivity contribution in [2.45, 2.75) is 65.1 Å². The molecular formula is C27H38FN3O5S. The Morgan fingerprint density at radius 1 is 1.08 bits per heavy atom. The van der Waals surface area contributed by atoms with Crippen molar-refractivity contribution in [2.75, 3.05) is 24.2 Å². The minimum atomic E-state index is -3.78. The van der Waals surface area contributed by atoms with Crippen molar-refractivity contribution >= 4 is 27.5 Å². The van der Waals surface area contributed by atoms with Crippen LogP contribution in [0.3, 0.4) is 0 Å². The number of amides is 2. The van der Waals surface area contributed by atoms with Gasteiger partial charge in [-0.3, -0.25) is 13.9 Å². The van der Waals surface area contributed by atoms with Gasteiger partial charge in [0.1, 0.15) is 17.6 Å². The first-order chi connectivity index (χ1) is 17.5. The largest absolute Gasteiger partial charge is 0.497 e. The quantitative estimate of drug-likeness (QED) is 0.393. The van der Waals surface area contributed by atoms with Crippen molar-refractivity contribution in [1.82, 2.24) is 10.2 Å². The second kappa shape index (κ2) is 14.0. The number of hydrogen-bond donors (Lipinski definition) is 1. The van der Waals surface area contributed by atoms with E-state index in [1.165, 1.54) is 23.1 Å². The average Bonchev–Trinajstić information content (AvgIpc) is 2.86. The molecule has 0 unspecified atom stereocenters. The summed E-state index contributed by atoms with van der Waals surface area (Å²) < 4.78 is 45.3. The van der Waals surface area contributed by atoms with Crippen LogP contribution in [0.15, 0.2) is 48.5 Å². The van der Waals surface area contributed by atoms with Crippen molar-refractivity contribution < 1.29 is 27.1 Å². The van der Waals surface area contributed by atoms with Crippen LogP contribution >= 0.6 is 0 Å². The SMILES string of the molecule is CC[C@@H](C)NC(=O)[C@H](CC)N(Cc1cccc(OC)c1)C(=O)CCCN(c1ccccc1F)S(C)(=O)=O. The lowest BCUT2D eigenvalue weighted by atomic mass is 10.1. The van der Waals surface area contributed by atoms with E-state index in [9.17, 15) is 22.4 Å². The number of nitrogens with zero attached hydrogens (tertiary/aromatic N) is 2. The van der Waals surface area contributed by atoms with Gasteiger partial charge in [-0.05, 0) is 56.0 Å². The fraction of sp³-hybridized carbons (Fsp3) is 0.481. The number of para-hydroxylation sites is 1. The molecule has 0 aromatic heterocycles. The molecule has 2 aromatic carbocycles. The summed E-state index contributed by atoms with van der Waals surface area (Å²) in [7, 11) is -2.22. The molecule has 0 heterocycles. The van der Waals surface area contributed by atoms with Crippen LogP contribution in [-0.2, 0) is 26.2 Å². The minimum absolute atomic E-state index is 0.0163. The highest BCUT2D eigenvalue weighted by molar-refractivity contribution is 7.92. The van der Waals surface area contributed by atoms with E-state index in [0.717, 1.165) is 22.5 Å². The molecule has 1 N–H and O–H groups in total. The maximum atomic E-state index is 14.3. The zero-order chi connectivity index (χ0) is 27.6. The first kappa shape index (κ1) is 30.1. The third-order valence-electron chi connectivity index (χ3n) is 6.15. The molecule has 2 atom stereocenters. The van der Waals surface area contributed by atoms with E-state index in [4.69, 9.17) is 4.74 Å². The molecule has 0 aliphatic heterocycles.